The maximum Gasteiger partial charge on any atom is 0.168 e. The van der Waals surface area contributed by atoms with Crippen LogP contribution in [0.1, 0.15) is 52.0 Å². The van der Waals surface area contributed by atoms with Crippen LogP contribution in [-0.4, -0.2) is 15.8 Å². The standard InChI is InChI=1S/C13H16N2O.2C2H6/c1-4-5-11(2)6-12(3)8-15-10-14-7-13(15)9-16;2*1-2/h4-7,9-10H,1,8H2,2-3H3;2*1-2H3/b11-5-,12-6+;;. The van der Waals surface area contributed by atoms with E-state index in [-0.39, 0.29) is 0 Å². The van der Waals surface area contributed by atoms with Crippen molar-refractivity contribution >= 4 is 6.29 Å². The fraction of sp³-hybridized carbons (Fsp3) is 0.412. The van der Waals surface area contributed by atoms with E-state index in [1.807, 2.05) is 52.2 Å². The molecule has 1 heterocycles. The third-order valence-corrected chi connectivity index (χ3v) is 2.14. The van der Waals surface area contributed by atoms with Gasteiger partial charge in [-0.05, 0) is 13.8 Å². The molecule has 0 unspecified atom stereocenters. The first-order chi connectivity index (χ1) is 9.67. The van der Waals surface area contributed by atoms with E-state index in [1.54, 1.807) is 18.6 Å². The fourth-order valence-electron chi connectivity index (χ4n) is 1.50. The summed E-state index contributed by atoms with van der Waals surface area (Å²) in [7, 11) is 0. The van der Waals surface area contributed by atoms with E-state index in [1.165, 1.54) is 0 Å². The van der Waals surface area contributed by atoms with Crippen LogP contribution in [0.15, 0.2) is 48.5 Å². The van der Waals surface area contributed by atoms with Gasteiger partial charge in [0.1, 0.15) is 5.69 Å². The minimum atomic E-state index is 0.595. The number of carbonyl (C=O) groups is 1. The molecule has 0 saturated carbocycles. The zero-order valence-corrected chi connectivity index (χ0v) is 13.7. The fourth-order valence-corrected chi connectivity index (χ4v) is 1.50. The number of imidazole rings is 1. The molecule has 1 aromatic heterocycles. The summed E-state index contributed by atoms with van der Waals surface area (Å²) in [5, 5.41) is 0. The molecule has 1 rings (SSSR count). The van der Waals surface area contributed by atoms with Crippen molar-refractivity contribution in [1.29, 1.82) is 0 Å². The quantitative estimate of drug-likeness (QED) is 0.570. The van der Waals surface area contributed by atoms with Gasteiger partial charge in [-0.3, -0.25) is 4.79 Å². The lowest BCUT2D eigenvalue weighted by Gasteiger charge is -2.04. The second kappa shape index (κ2) is 13.5. The van der Waals surface area contributed by atoms with Gasteiger partial charge < -0.3 is 4.57 Å². The summed E-state index contributed by atoms with van der Waals surface area (Å²) in [5.41, 5.74) is 2.90. The number of aromatic nitrogens is 2. The average Bonchev–Trinajstić information content (AvgIpc) is 2.90. The van der Waals surface area contributed by atoms with Gasteiger partial charge in [-0.25, -0.2) is 4.98 Å². The number of rotatable bonds is 5. The van der Waals surface area contributed by atoms with Crippen molar-refractivity contribution in [2.45, 2.75) is 48.1 Å². The van der Waals surface area contributed by atoms with Gasteiger partial charge in [0.15, 0.2) is 6.29 Å². The number of hydrogen-bond acceptors (Lipinski definition) is 2. The lowest BCUT2D eigenvalue weighted by Crippen LogP contribution is -2.01. The van der Waals surface area contributed by atoms with Crippen LogP contribution < -0.4 is 0 Å². The SMILES string of the molecule is C=C/C=C(C)\C=C(/C)Cn1cncc1C=O.CC.CC. The summed E-state index contributed by atoms with van der Waals surface area (Å²) in [6.45, 7) is 16.4. The third-order valence-electron chi connectivity index (χ3n) is 2.14. The Bertz CT molecular complexity index is 440. The van der Waals surface area contributed by atoms with Gasteiger partial charge in [0.25, 0.3) is 0 Å². The molecule has 0 saturated heterocycles. The van der Waals surface area contributed by atoms with Crippen LogP contribution in [0.2, 0.25) is 0 Å². The molecular formula is C17H28N2O. The maximum atomic E-state index is 10.7. The van der Waals surface area contributed by atoms with Crippen molar-refractivity contribution in [2.75, 3.05) is 0 Å². The molecule has 3 heteroatoms. The number of aldehydes is 1. The highest BCUT2D eigenvalue weighted by atomic mass is 16.1. The van der Waals surface area contributed by atoms with Crippen LogP contribution >= 0.6 is 0 Å². The molecule has 0 N–H and O–H groups in total. The molecule has 0 aromatic carbocycles. The van der Waals surface area contributed by atoms with Gasteiger partial charge in [-0.15, -0.1) is 0 Å². The van der Waals surface area contributed by atoms with E-state index in [4.69, 9.17) is 0 Å². The number of hydrogen-bond donors (Lipinski definition) is 0. The van der Waals surface area contributed by atoms with E-state index in [0.717, 1.165) is 17.4 Å². The van der Waals surface area contributed by atoms with Crippen molar-refractivity contribution < 1.29 is 4.79 Å². The summed E-state index contributed by atoms with van der Waals surface area (Å²) >= 11 is 0. The highest BCUT2D eigenvalue weighted by Crippen LogP contribution is 2.06. The first-order valence-corrected chi connectivity index (χ1v) is 7.09. The third kappa shape index (κ3) is 8.25. The van der Waals surface area contributed by atoms with Crippen LogP contribution in [0.25, 0.3) is 0 Å². The Morgan fingerprint density at radius 3 is 2.40 bits per heavy atom. The van der Waals surface area contributed by atoms with Gasteiger partial charge in [0, 0.05) is 6.54 Å². The van der Waals surface area contributed by atoms with Crippen molar-refractivity contribution in [1.82, 2.24) is 9.55 Å². The Labute approximate surface area is 123 Å². The zero-order valence-electron chi connectivity index (χ0n) is 13.7. The molecule has 0 aliphatic heterocycles. The van der Waals surface area contributed by atoms with Gasteiger partial charge >= 0.3 is 0 Å². The maximum absolute atomic E-state index is 10.7. The van der Waals surface area contributed by atoms with E-state index in [0.29, 0.717) is 12.2 Å². The minimum Gasteiger partial charge on any atom is -0.324 e. The summed E-state index contributed by atoms with van der Waals surface area (Å²) < 4.78 is 1.82. The Morgan fingerprint density at radius 2 is 1.90 bits per heavy atom. The van der Waals surface area contributed by atoms with E-state index >= 15 is 0 Å². The van der Waals surface area contributed by atoms with Crippen molar-refractivity contribution in [3.63, 3.8) is 0 Å². The van der Waals surface area contributed by atoms with Crippen LogP contribution in [0, 0.1) is 0 Å². The van der Waals surface area contributed by atoms with Crippen molar-refractivity contribution in [2.24, 2.45) is 0 Å². The molecule has 0 bridgehead atoms. The Morgan fingerprint density at radius 1 is 1.30 bits per heavy atom. The van der Waals surface area contributed by atoms with E-state index < -0.39 is 0 Å². The highest BCUT2D eigenvalue weighted by molar-refractivity contribution is 5.71. The van der Waals surface area contributed by atoms with Crippen molar-refractivity contribution in [3.8, 4) is 0 Å². The largest absolute Gasteiger partial charge is 0.324 e. The highest BCUT2D eigenvalue weighted by Gasteiger charge is 2.00. The molecule has 0 spiro atoms. The van der Waals surface area contributed by atoms with E-state index in [2.05, 4.69) is 17.6 Å². The number of carbonyl (C=O) groups excluding carboxylic acids is 1. The molecule has 0 radical (unpaired) electrons. The predicted octanol–water partition coefficient (Wildman–Crippen LogP) is 4.83. The molecule has 0 atom stereocenters. The predicted molar refractivity (Wildman–Crippen MR) is 88.0 cm³/mol. The molecule has 0 aliphatic rings. The first-order valence-electron chi connectivity index (χ1n) is 7.09. The lowest BCUT2D eigenvalue weighted by molar-refractivity contribution is 0.111. The summed E-state index contributed by atoms with van der Waals surface area (Å²) in [6.07, 6.45) is 9.80. The summed E-state index contributed by atoms with van der Waals surface area (Å²) in [5.74, 6) is 0. The van der Waals surface area contributed by atoms with Gasteiger partial charge in [-0.1, -0.05) is 63.6 Å². The van der Waals surface area contributed by atoms with Crippen LogP contribution in [-0.2, 0) is 6.54 Å². The smallest absolute Gasteiger partial charge is 0.168 e. The topological polar surface area (TPSA) is 34.9 Å². The molecule has 1 aromatic rings. The molecular weight excluding hydrogens is 248 g/mol. The molecule has 0 aliphatic carbocycles. The normalized spacial score (nSPS) is 10.7. The van der Waals surface area contributed by atoms with E-state index in [9.17, 15) is 4.79 Å². The molecule has 20 heavy (non-hydrogen) atoms. The monoisotopic (exact) mass is 276 g/mol. The van der Waals surface area contributed by atoms with Gasteiger partial charge in [-0.2, -0.15) is 0 Å². The van der Waals surface area contributed by atoms with Crippen LogP contribution in [0.4, 0.5) is 0 Å². The molecule has 0 fully saturated rings. The summed E-state index contributed by atoms with van der Waals surface area (Å²) in [4.78, 5) is 14.6. The van der Waals surface area contributed by atoms with Gasteiger partial charge in [0.2, 0.25) is 0 Å². The van der Waals surface area contributed by atoms with Gasteiger partial charge in [0.05, 0.1) is 12.5 Å². The Hall–Kier alpha value is -1.90. The number of allylic oxidation sites excluding steroid dienone is 5. The minimum absolute atomic E-state index is 0.595. The molecule has 112 valence electrons. The summed E-state index contributed by atoms with van der Waals surface area (Å²) in [6, 6.07) is 0. The molecule has 3 nitrogen and oxygen atoms in total. The molecule has 0 amide bonds. The Balaban J connectivity index is 0. The first kappa shape index (κ1) is 20.4. The second-order valence-corrected chi connectivity index (χ2v) is 3.70. The van der Waals surface area contributed by atoms with Crippen LogP contribution in [0.5, 0.6) is 0 Å². The lowest BCUT2D eigenvalue weighted by atomic mass is 10.2. The zero-order chi connectivity index (χ0) is 16.0. The Kier molecular flexibility index (Phi) is 13.8. The second-order valence-electron chi connectivity index (χ2n) is 3.70. The van der Waals surface area contributed by atoms with Crippen LogP contribution in [0.3, 0.4) is 0 Å². The number of nitrogens with zero attached hydrogens (tertiary/aromatic N) is 2. The van der Waals surface area contributed by atoms with Crippen molar-refractivity contribution in [3.05, 3.63) is 54.2 Å². The average molecular weight is 276 g/mol.